The molecule has 0 nitrogen and oxygen atoms in total. The predicted molar refractivity (Wildman–Crippen MR) is 217 cm³/mol. The van der Waals surface area contributed by atoms with E-state index in [0.717, 1.165) is 0 Å². The summed E-state index contributed by atoms with van der Waals surface area (Å²) in [5.74, 6) is 0. The molecule has 12 rings (SSSR count). The second-order valence-electron chi connectivity index (χ2n) is 14.0. The second kappa shape index (κ2) is 9.56. The first-order valence-corrected chi connectivity index (χ1v) is 17.5. The summed E-state index contributed by atoms with van der Waals surface area (Å²) in [6.07, 6.45) is 0. The van der Waals surface area contributed by atoms with Crippen LogP contribution in [0.25, 0.3) is 119 Å². The van der Waals surface area contributed by atoms with E-state index in [4.69, 9.17) is 0 Å². The summed E-state index contributed by atoms with van der Waals surface area (Å²) >= 11 is 0. The molecule has 0 bridgehead atoms. The Morgan fingerprint density at radius 1 is 0.200 bits per heavy atom. The SMILES string of the molecule is c1ccc2c(c1)c1cccc3ccc4c(-c5ccc6ccc(-c7cc8cccc9c%10ccccc%10c%10cccc7c%10c89)cc6c5)ccc2c4c31. The Bertz CT molecular complexity index is 3360. The maximum Gasteiger partial charge on any atom is -0.00141 e. The quantitative estimate of drug-likeness (QED) is 0.132. The molecule has 12 aromatic carbocycles. The van der Waals surface area contributed by atoms with Crippen molar-refractivity contribution in [3.63, 3.8) is 0 Å². The molecule has 0 fully saturated rings. The molecule has 12 aromatic rings. The van der Waals surface area contributed by atoms with Crippen LogP contribution in [0.5, 0.6) is 0 Å². The van der Waals surface area contributed by atoms with Crippen molar-refractivity contribution in [1.29, 1.82) is 0 Å². The lowest BCUT2D eigenvalue weighted by molar-refractivity contribution is 1.68. The number of benzene rings is 12. The van der Waals surface area contributed by atoms with Crippen LogP contribution in [-0.4, -0.2) is 0 Å². The van der Waals surface area contributed by atoms with Crippen molar-refractivity contribution in [2.24, 2.45) is 0 Å². The van der Waals surface area contributed by atoms with E-state index in [1.807, 2.05) is 0 Å². The number of hydrogen-bond donors (Lipinski definition) is 0. The van der Waals surface area contributed by atoms with Gasteiger partial charge in [0.05, 0.1) is 0 Å². The molecule has 50 heavy (non-hydrogen) atoms. The van der Waals surface area contributed by atoms with Crippen LogP contribution in [0.2, 0.25) is 0 Å². The standard InChI is InChI=1S/C50H28/c1-3-12-38-36(10-1)41-15-6-9-33-28-46(43-17-7-16-42(38)49(43)48(33)41)32-21-19-29-18-20-31(26-34(29)27-32)35-24-25-45-39-13-4-2-11-37(39)40-14-5-8-30-22-23-44(35)50(45)47(30)40/h1-28H. The molecule has 0 atom stereocenters. The first-order chi connectivity index (χ1) is 24.8. The fourth-order valence-corrected chi connectivity index (χ4v) is 9.35. The third-order valence-corrected chi connectivity index (χ3v) is 11.5. The van der Waals surface area contributed by atoms with Gasteiger partial charge in [-0.1, -0.05) is 152 Å². The van der Waals surface area contributed by atoms with Crippen molar-refractivity contribution in [3.8, 4) is 22.3 Å². The molecular weight excluding hydrogens is 601 g/mol. The Kier molecular flexibility index (Phi) is 5.06. The second-order valence-corrected chi connectivity index (χ2v) is 14.0. The molecule has 0 aliphatic carbocycles. The average Bonchev–Trinajstić information content (AvgIpc) is 3.19. The highest BCUT2D eigenvalue weighted by Gasteiger charge is 2.18. The third-order valence-electron chi connectivity index (χ3n) is 11.5. The largest absolute Gasteiger partial charge is 0.0616 e. The molecule has 0 radical (unpaired) electrons. The zero-order valence-electron chi connectivity index (χ0n) is 27.2. The van der Waals surface area contributed by atoms with E-state index in [1.54, 1.807) is 0 Å². The first kappa shape index (κ1) is 26.5. The van der Waals surface area contributed by atoms with Crippen LogP contribution in [0.4, 0.5) is 0 Å². The highest BCUT2D eigenvalue weighted by atomic mass is 14.2. The Hall–Kier alpha value is -6.50. The topological polar surface area (TPSA) is 0 Å². The van der Waals surface area contributed by atoms with E-state index in [9.17, 15) is 0 Å². The summed E-state index contributed by atoms with van der Waals surface area (Å²) in [5.41, 5.74) is 5.06. The minimum Gasteiger partial charge on any atom is -0.0616 e. The van der Waals surface area contributed by atoms with Gasteiger partial charge in [-0.15, -0.1) is 0 Å². The van der Waals surface area contributed by atoms with Crippen LogP contribution >= 0.6 is 0 Å². The van der Waals surface area contributed by atoms with Crippen molar-refractivity contribution in [1.82, 2.24) is 0 Å². The molecule has 0 unspecified atom stereocenters. The first-order valence-electron chi connectivity index (χ1n) is 17.5. The average molecular weight is 629 g/mol. The molecule has 0 spiro atoms. The lowest BCUT2D eigenvalue weighted by atomic mass is 9.85. The number of fused-ring (bicyclic) bond motifs is 7. The molecule has 0 aliphatic rings. The van der Waals surface area contributed by atoms with Gasteiger partial charge in [0.25, 0.3) is 0 Å². The fourth-order valence-electron chi connectivity index (χ4n) is 9.35. The Labute approximate surface area is 288 Å². The van der Waals surface area contributed by atoms with Gasteiger partial charge in [0.1, 0.15) is 0 Å². The predicted octanol–water partition coefficient (Wildman–Crippen LogP) is 14.3. The van der Waals surface area contributed by atoms with Gasteiger partial charge in [0.2, 0.25) is 0 Å². The Morgan fingerprint density at radius 2 is 0.640 bits per heavy atom. The molecule has 0 N–H and O–H groups in total. The summed E-state index contributed by atoms with van der Waals surface area (Å²) in [6.45, 7) is 0. The normalized spacial score (nSPS) is 12.4. The van der Waals surface area contributed by atoms with E-state index in [-0.39, 0.29) is 0 Å². The minimum absolute atomic E-state index is 1.25. The summed E-state index contributed by atoms with van der Waals surface area (Å²) in [6, 6.07) is 63.8. The van der Waals surface area contributed by atoms with Gasteiger partial charge >= 0.3 is 0 Å². The lowest BCUT2D eigenvalue weighted by Gasteiger charge is -2.18. The molecule has 0 amide bonds. The molecular formula is C50H28. The zero-order chi connectivity index (χ0) is 32.5. The van der Waals surface area contributed by atoms with Crippen LogP contribution in [0.15, 0.2) is 170 Å². The minimum atomic E-state index is 1.25. The van der Waals surface area contributed by atoms with Crippen LogP contribution < -0.4 is 0 Å². The zero-order valence-corrected chi connectivity index (χ0v) is 27.2. The van der Waals surface area contributed by atoms with Crippen LogP contribution in [0.3, 0.4) is 0 Å². The summed E-state index contributed by atoms with van der Waals surface area (Å²) < 4.78 is 0. The molecule has 0 saturated heterocycles. The van der Waals surface area contributed by atoms with Crippen molar-refractivity contribution in [2.75, 3.05) is 0 Å². The summed E-state index contributed by atoms with van der Waals surface area (Å²) in [7, 11) is 0. The molecule has 0 heteroatoms. The van der Waals surface area contributed by atoms with Crippen LogP contribution in [0.1, 0.15) is 0 Å². The van der Waals surface area contributed by atoms with Gasteiger partial charge in [0.15, 0.2) is 0 Å². The van der Waals surface area contributed by atoms with Crippen molar-refractivity contribution in [2.45, 2.75) is 0 Å². The molecule has 0 aromatic heterocycles. The summed E-state index contributed by atoms with van der Waals surface area (Å²) in [5, 5.41) is 23.8. The lowest BCUT2D eigenvalue weighted by Crippen LogP contribution is -1.90. The van der Waals surface area contributed by atoms with Crippen molar-refractivity contribution >= 4 is 97.0 Å². The van der Waals surface area contributed by atoms with Gasteiger partial charge in [0, 0.05) is 0 Å². The molecule has 0 aliphatic heterocycles. The van der Waals surface area contributed by atoms with E-state index in [2.05, 4.69) is 170 Å². The highest BCUT2D eigenvalue weighted by Crippen LogP contribution is 2.46. The van der Waals surface area contributed by atoms with Gasteiger partial charge in [-0.3, -0.25) is 0 Å². The smallest absolute Gasteiger partial charge is 0.00141 e. The van der Waals surface area contributed by atoms with Crippen LogP contribution in [-0.2, 0) is 0 Å². The van der Waals surface area contributed by atoms with Gasteiger partial charge in [-0.2, -0.15) is 0 Å². The Balaban J connectivity index is 1.10. The maximum atomic E-state index is 2.41. The van der Waals surface area contributed by atoms with Gasteiger partial charge in [-0.05, 0) is 137 Å². The van der Waals surface area contributed by atoms with E-state index in [1.165, 1.54) is 119 Å². The highest BCUT2D eigenvalue weighted by molar-refractivity contribution is 6.36. The third kappa shape index (κ3) is 3.40. The monoisotopic (exact) mass is 628 g/mol. The van der Waals surface area contributed by atoms with E-state index >= 15 is 0 Å². The van der Waals surface area contributed by atoms with Crippen molar-refractivity contribution in [3.05, 3.63) is 170 Å². The molecule has 0 heterocycles. The van der Waals surface area contributed by atoms with Crippen LogP contribution in [0, 0.1) is 0 Å². The maximum absolute atomic E-state index is 2.41. The molecule has 0 saturated carbocycles. The number of rotatable bonds is 2. The van der Waals surface area contributed by atoms with Gasteiger partial charge < -0.3 is 0 Å². The summed E-state index contributed by atoms with van der Waals surface area (Å²) in [4.78, 5) is 0. The van der Waals surface area contributed by atoms with E-state index in [0.29, 0.717) is 0 Å². The van der Waals surface area contributed by atoms with Crippen molar-refractivity contribution < 1.29 is 0 Å². The number of hydrogen-bond acceptors (Lipinski definition) is 0. The van der Waals surface area contributed by atoms with E-state index < -0.39 is 0 Å². The molecule has 228 valence electrons. The Morgan fingerprint density at radius 3 is 1.30 bits per heavy atom. The fraction of sp³-hybridized carbons (Fsp3) is 0. The van der Waals surface area contributed by atoms with Gasteiger partial charge in [-0.25, -0.2) is 0 Å².